The van der Waals surface area contributed by atoms with E-state index in [2.05, 4.69) is 68.7 Å². The molecule has 9 aliphatic rings. The summed E-state index contributed by atoms with van der Waals surface area (Å²) in [6, 6.07) is 0. The maximum absolute atomic E-state index is 4.26. The van der Waals surface area contributed by atoms with E-state index in [-0.39, 0.29) is 0 Å². The van der Waals surface area contributed by atoms with Crippen molar-refractivity contribution in [2.75, 3.05) is 0 Å². The zero-order valence-corrected chi connectivity index (χ0v) is 30.1. The van der Waals surface area contributed by atoms with E-state index in [4.69, 9.17) is 0 Å². The van der Waals surface area contributed by atoms with E-state index >= 15 is 0 Å². The van der Waals surface area contributed by atoms with Crippen LogP contribution in [0.3, 0.4) is 0 Å². The highest BCUT2D eigenvalue weighted by Gasteiger charge is 2.54. The molecule has 8 unspecified atom stereocenters. The van der Waals surface area contributed by atoms with Gasteiger partial charge < -0.3 is 0 Å². The Balaban J connectivity index is 0.000000560. The number of hydrogen-bond donors (Lipinski definition) is 8. The lowest BCUT2D eigenvalue weighted by Gasteiger charge is -2.35. The maximum Gasteiger partial charge on any atom is 0.0628 e. The lowest BCUT2D eigenvalue weighted by atomic mass is 9.76. The van der Waals surface area contributed by atoms with Crippen LogP contribution in [0.2, 0.25) is 26.2 Å². The first kappa shape index (κ1) is 32.1. The minimum atomic E-state index is -0.611. The molecule has 256 valence electrons. The zero-order valence-electron chi connectivity index (χ0n) is 29.1. The first-order valence-corrected chi connectivity index (χ1v) is 23.9. The Morgan fingerprint density at radius 2 is 0.378 bits per heavy atom. The predicted molar refractivity (Wildman–Crippen MR) is 186 cm³/mol. The fraction of sp³-hybridized carbons (Fsp3) is 1.00. The summed E-state index contributed by atoms with van der Waals surface area (Å²) in [7, 11) is -0.611. The molecule has 5 heterocycles. The maximum atomic E-state index is 4.26. The normalized spacial score (nSPS) is 52.5. The van der Waals surface area contributed by atoms with Crippen molar-refractivity contribution in [3.8, 4) is 0 Å². The lowest BCUT2D eigenvalue weighted by molar-refractivity contribution is 0.167. The monoisotopic (exact) mass is 641 g/mol. The van der Waals surface area contributed by atoms with Crippen molar-refractivity contribution in [2.24, 2.45) is 47.3 Å². The van der Waals surface area contributed by atoms with E-state index in [1.807, 2.05) is 0 Å². The molecule has 9 rings (SSSR count). The summed E-state index contributed by atoms with van der Waals surface area (Å²) in [5, 5.41) is 33.8. The molecule has 8 nitrogen and oxygen atoms in total. The van der Waals surface area contributed by atoms with Gasteiger partial charge in [-0.2, -0.15) is 0 Å². The average Bonchev–Trinajstić information content (AvgIpc) is 3.76. The van der Waals surface area contributed by atoms with Crippen LogP contribution in [-0.4, -0.2) is 57.4 Å². The van der Waals surface area contributed by atoms with Crippen LogP contribution in [0.1, 0.15) is 103 Å². The van der Waals surface area contributed by atoms with Gasteiger partial charge in [-0.3, -0.25) is 42.5 Å². The first-order chi connectivity index (χ1) is 21.8. The summed E-state index contributed by atoms with van der Waals surface area (Å²) in [5.41, 5.74) is 0. The van der Waals surface area contributed by atoms with Crippen LogP contribution < -0.4 is 42.5 Å². The first-order valence-electron chi connectivity index (χ1n) is 19.9. The molecule has 5 saturated heterocycles. The Bertz CT molecular complexity index is 794. The molecule has 5 aliphatic heterocycles. The highest BCUT2D eigenvalue weighted by Crippen LogP contribution is 2.45. The second-order valence-electron chi connectivity index (χ2n) is 18.6. The van der Waals surface area contributed by atoms with Crippen LogP contribution in [0.25, 0.3) is 0 Å². The molecule has 9 heteroatoms. The van der Waals surface area contributed by atoms with E-state index < -0.39 is 8.07 Å². The predicted octanol–water partition coefficient (Wildman–Crippen LogP) is 4.56. The molecule has 0 amide bonds. The van der Waals surface area contributed by atoms with Crippen LogP contribution in [0.5, 0.6) is 0 Å². The summed E-state index contributed by atoms with van der Waals surface area (Å²) in [6.07, 6.45) is 25.6. The minimum Gasteiger partial charge on any atom is -0.286 e. The van der Waals surface area contributed by atoms with Crippen molar-refractivity contribution in [1.82, 2.24) is 42.5 Å². The van der Waals surface area contributed by atoms with Gasteiger partial charge in [-0.25, -0.2) is 0 Å². The molecule has 8 atom stereocenters. The van der Waals surface area contributed by atoms with E-state index in [0.29, 0.717) is 49.3 Å². The Morgan fingerprint density at radius 3 is 0.489 bits per heavy atom. The molecule has 0 spiro atoms. The van der Waals surface area contributed by atoms with Gasteiger partial charge in [0.2, 0.25) is 0 Å². The molecule has 4 saturated carbocycles. The summed E-state index contributed by atoms with van der Waals surface area (Å²) < 4.78 is 0. The quantitative estimate of drug-likeness (QED) is 0.183. The number of nitrogens with one attached hydrogen (secondary N) is 8. The van der Waals surface area contributed by atoms with E-state index in [9.17, 15) is 0 Å². The molecule has 0 radical (unpaired) electrons. The Kier molecular flexibility index (Phi) is 9.50. The van der Waals surface area contributed by atoms with Crippen LogP contribution in [0.4, 0.5) is 0 Å². The van der Waals surface area contributed by atoms with Gasteiger partial charge in [0.25, 0.3) is 0 Å². The molecule has 8 bridgehead atoms. The topological polar surface area (TPSA) is 96.2 Å². The third kappa shape index (κ3) is 6.62. The van der Waals surface area contributed by atoms with E-state index in [1.54, 1.807) is 0 Å². The second kappa shape index (κ2) is 13.3. The summed E-state index contributed by atoms with van der Waals surface area (Å²) in [5.74, 6) is 5.97. The van der Waals surface area contributed by atoms with Gasteiger partial charge in [0, 0.05) is 8.07 Å². The molecular formula is C36H68N8Si. The van der Waals surface area contributed by atoms with Gasteiger partial charge in [-0.05, 0) is 98.7 Å². The Hall–Kier alpha value is -0.103. The van der Waals surface area contributed by atoms with E-state index in [0.717, 1.165) is 47.3 Å². The smallest absolute Gasteiger partial charge is 0.0628 e. The van der Waals surface area contributed by atoms with Gasteiger partial charge in [0.15, 0.2) is 0 Å². The molecule has 0 aromatic heterocycles. The number of fused-ring (bicyclic) bond motifs is 20. The molecule has 9 fully saturated rings. The van der Waals surface area contributed by atoms with Crippen molar-refractivity contribution in [1.29, 1.82) is 0 Å². The standard InChI is InChI=1S/C32H56N8.C4H12Si/c1-2-10-18-17(9-1)25-33-26(18)38-28-21-13-5-6-14-22(21)30(35-28)40-32-24-16-8-7-15-23(24)31(36-32)39-29-20-12-4-3-11-19(20)27(34-29)37-25;1-5(2,3)4/h17-40H,1-16H2;1-4H3. The largest absolute Gasteiger partial charge is 0.286 e. The van der Waals surface area contributed by atoms with Gasteiger partial charge in [0.05, 0.1) is 49.3 Å². The highest BCUT2D eigenvalue weighted by molar-refractivity contribution is 6.74. The van der Waals surface area contributed by atoms with Crippen molar-refractivity contribution < 1.29 is 0 Å². The van der Waals surface area contributed by atoms with Crippen LogP contribution in [0.15, 0.2) is 0 Å². The Morgan fingerprint density at radius 1 is 0.267 bits per heavy atom. The number of rotatable bonds is 0. The lowest BCUT2D eigenvalue weighted by Crippen LogP contribution is -2.61. The van der Waals surface area contributed by atoms with Crippen molar-refractivity contribution >= 4 is 8.07 Å². The molecule has 4 aliphatic carbocycles. The summed E-state index contributed by atoms with van der Waals surface area (Å²) in [4.78, 5) is 0. The fourth-order valence-electron chi connectivity index (χ4n) is 12.0. The van der Waals surface area contributed by atoms with E-state index in [1.165, 1.54) is 103 Å². The van der Waals surface area contributed by atoms with Crippen molar-refractivity contribution in [3.63, 3.8) is 0 Å². The third-order valence-electron chi connectivity index (χ3n) is 13.8. The third-order valence-corrected chi connectivity index (χ3v) is 13.8. The van der Waals surface area contributed by atoms with Crippen LogP contribution >= 0.6 is 0 Å². The summed E-state index contributed by atoms with van der Waals surface area (Å²) in [6.45, 7) is 9.31. The van der Waals surface area contributed by atoms with Crippen LogP contribution in [-0.2, 0) is 0 Å². The highest BCUT2D eigenvalue weighted by atomic mass is 28.3. The van der Waals surface area contributed by atoms with Gasteiger partial charge in [-0.1, -0.05) is 77.6 Å². The van der Waals surface area contributed by atoms with Gasteiger partial charge in [-0.15, -0.1) is 0 Å². The molecule has 0 aromatic rings. The molecule has 45 heavy (non-hydrogen) atoms. The fourth-order valence-corrected chi connectivity index (χ4v) is 12.0. The minimum absolute atomic E-state index is 0.420. The molecule has 8 N–H and O–H groups in total. The van der Waals surface area contributed by atoms with Gasteiger partial charge >= 0.3 is 0 Å². The summed E-state index contributed by atoms with van der Waals surface area (Å²) >= 11 is 0. The average molecular weight is 641 g/mol. The number of hydrogen-bond acceptors (Lipinski definition) is 8. The molecular weight excluding hydrogens is 573 g/mol. The second-order valence-corrected chi connectivity index (χ2v) is 24.6. The van der Waals surface area contributed by atoms with Crippen LogP contribution in [0, 0.1) is 47.3 Å². The SMILES string of the molecule is C1CCC2C3NC(NC4NC(NC5NC(NC6NC(N3)C3CCCCC63)C3CCCCC53)C3CCCCC43)C2C1.C[Si](C)(C)C. The zero-order chi connectivity index (χ0) is 30.7. The van der Waals surface area contributed by atoms with Crippen molar-refractivity contribution in [3.05, 3.63) is 0 Å². The van der Waals surface area contributed by atoms with Gasteiger partial charge in [0.1, 0.15) is 0 Å². The van der Waals surface area contributed by atoms with Crippen molar-refractivity contribution in [2.45, 2.75) is 178 Å². The molecule has 0 aromatic carbocycles. The Labute approximate surface area is 275 Å².